The van der Waals surface area contributed by atoms with E-state index in [-0.39, 0.29) is 48.0 Å². The molecule has 0 saturated carbocycles. The number of fused-ring (bicyclic) bond motifs is 1. The van der Waals surface area contributed by atoms with Crippen molar-refractivity contribution in [2.45, 2.75) is 31.8 Å². The Balaban J connectivity index is 1.47. The van der Waals surface area contributed by atoms with Crippen molar-refractivity contribution in [1.29, 1.82) is 0 Å². The molecular weight excluding hydrogens is 452 g/mol. The second kappa shape index (κ2) is 8.60. The van der Waals surface area contributed by atoms with Crippen LogP contribution in [0.2, 0.25) is 0 Å². The second-order valence-corrected chi connectivity index (χ2v) is 8.96. The molecule has 1 atom stereocenters. The molecule has 3 heterocycles. The summed E-state index contributed by atoms with van der Waals surface area (Å²) in [6.07, 6.45) is 1.79. The van der Waals surface area contributed by atoms with Gasteiger partial charge >= 0.3 is 0 Å². The predicted molar refractivity (Wildman–Crippen MR) is 118 cm³/mol. The molecule has 3 amide bonds. The lowest BCUT2D eigenvalue weighted by Gasteiger charge is -2.23. The number of thiazole rings is 1. The van der Waals surface area contributed by atoms with E-state index in [1.807, 2.05) is 0 Å². The lowest BCUT2D eigenvalue weighted by atomic mass is 10.1. The number of benzene rings is 2. The zero-order valence-corrected chi connectivity index (χ0v) is 18.2. The number of aromatic nitrogens is 1. The molecule has 3 aromatic rings. The van der Waals surface area contributed by atoms with Gasteiger partial charge in [-0.05, 0) is 43.2 Å². The van der Waals surface area contributed by atoms with Gasteiger partial charge in [-0.1, -0.05) is 11.3 Å². The fraction of sp³-hybridized carbons (Fsp3) is 0.304. The van der Waals surface area contributed by atoms with Crippen LogP contribution in [0.3, 0.4) is 0 Å². The third kappa shape index (κ3) is 4.11. The molecule has 0 spiro atoms. The highest BCUT2D eigenvalue weighted by atomic mass is 32.1. The highest BCUT2D eigenvalue weighted by Crippen LogP contribution is 2.33. The van der Waals surface area contributed by atoms with Crippen LogP contribution >= 0.6 is 11.3 Å². The standard InChI is InChI=1S/C23H19F2N3O4S/c24-14-10-17(25)21-18(11-14)33-23(26-21)27(12-16-2-1-9-32-16)22(31)13-3-5-15(6-4-13)28-19(29)7-8-20(28)30/h3-6,10-11,16H,1-2,7-9,12H2. The van der Waals surface area contributed by atoms with Crippen molar-refractivity contribution in [2.24, 2.45) is 0 Å². The van der Waals surface area contributed by atoms with Gasteiger partial charge in [-0.25, -0.2) is 13.8 Å². The number of carbonyl (C=O) groups is 3. The summed E-state index contributed by atoms with van der Waals surface area (Å²) in [4.78, 5) is 44.2. The minimum Gasteiger partial charge on any atom is -0.376 e. The van der Waals surface area contributed by atoms with Crippen LogP contribution in [0.5, 0.6) is 0 Å². The number of halogens is 2. The number of hydrogen-bond acceptors (Lipinski definition) is 6. The maximum atomic E-state index is 14.2. The number of rotatable bonds is 5. The number of amides is 3. The maximum Gasteiger partial charge on any atom is 0.260 e. The van der Waals surface area contributed by atoms with E-state index in [9.17, 15) is 23.2 Å². The third-order valence-electron chi connectivity index (χ3n) is 5.71. The quantitative estimate of drug-likeness (QED) is 0.525. The van der Waals surface area contributed by atoms with Crippen molar-refractivity contribution in [3.8, 4) is 0 Å². The van der Waals surface area contributed by atoms with Crippen molar-refractivity contribution in [3.05, 3.63) is 53.6 Å². The summed E-state index contributed by atoms with van der Waals surface area (Å²) in [7, 11) is 0. The average molecular weight is 471 g/mol. The number of ether oxygens (including phenoxy) is 1. The molecule has 2 aliphatic rings. The molecule has 5 rings (SSSR count). The number of imide groups is 1. The lowest BCUT2D eigenvalue weighted by Crippen LogP contribution is -2.37. The molecule has 1 unspecified atom stereocenters. The Bertz CT molecular complexity index is 1240. The monoisotopic (exact) mass is 471 g/mol. The van der Waals surface area contributed by atoms with Gasteiger partial charge in [-0.15, -0.1) is 0 Å². The van der Waals surface area contributed by atoms with Gasteiger partial charge in [0.25, 0.3) is 5.91 Å². The Morgan fingerprint density at radius 2 is 1.88 bits per heavy atom. The average Bonchev–Trinajstić information content (AvgIpc) is 3.52. The van der Waals surface area contributed by atoms with E-state index in [4.69, 9.17) is 4.74 Å². The summed E-state index contributed by atoms with van der Waals surface area (Å²) in [6, 6.07) is 8.11. The Morgan fingerprint density at radius 1 is 1.15 bits per heavy atom. The first kappa shape index (κ1) is 21.6. The predicted octanol–water partition coefficient (Wildman–Crippen LogP) is 4.05. The molecule has 0 radical (unpaired) electrons. The van der Waals surface area contributed by atoms with E-state index >= 15 is 0 Å². The van der Waals surface area contributed by atoms with Crippen LogP contribution < -0.4 is 9.80 Å². The Hall–Kier alpha value is -3.24. The van der Waals surface area contributed by atoms with Gasteiger partial charge in [0.1, 0.15) is 11.3 Å². The second-order valence-electron chi connectivity index (χ2n) is 7.95. The van der Waals surface area contributed by atoms with Crippen LogP contribution in [0.25, 0.3) is 10.2 Å². The van der Waals surface area contributed by atoms with Crippen LogP contribution in [0, 0.1) is 11.6 Å². The summed E-state index contributed by atoms with van der Waals surface area (Å²) in [5.74, 6) is -2.45. The van der Waals surface area contributed by atoms with Gasteiger partial charge in [-0.3, -0.25) is 24.2 Å². The van der Waals surface area contributed by atoms with Crippen LogP contribution in [0.15, 0.2) is 36.4 Å². The summed E-state index contributed by atoms with van der Waals surface area (Å²) in [6.45, 7) is 0.812. The normalized spacial score (nSPS) is 18.5. The number of anilines is 2. The fourth-order valence-corrected chi connectivity index (χ4v) is 5.09. The largest absolute Gasteiger partial charge is 0.376 e. The van der Waals surface area contributed by atoms with Gasteiger partial charge in [-0.2, -0.15) is 0 Å². The van der Waals surface area contributed by atoms with Crippen LogP contribution in [-0.2, 0) is 14.3 Å². The molecule has 0 N–H and O–H groups in total. The molecule has 2 aromatic carbocycles. The Morgan fingerprint density at radius 3 is 2.55 bits per heavy atom. The minimum absolute atomic E-state index is 0.00273. The molecule has 10 heteroatoms. The smallest absolute Gasteiger partial charge is 0.260 e. The van der Waals surface area contributed by atoms with Crippen molar-refractivity contribution in [1.82, 2.24) is 4.98 Å². The van der Waals surface area contributed by atoms with Crippen LogP contribution in [0.1, 0.15) is 36.0 Å². The Labute approximate surface area is 191 Å². The molecule has 7 nitrogen and oxygen atoms in total. The van der Waals surface area contributed by atoms with Crippen LogP contribution in [-0.4, -0.2) is 42.0 Å². The first-order chi connectivity index (χ1) is 15.9. The van der Waals surface area contributed by atoms with Gasteiger partial charge in [0.05, 0.1) is 23.0 Å². The first-order valence-electron chi connectivity index (χ1n) is 10.6. The summed E-state index contributed by atoms with van der Waals surface area (Å²) in [5, 5.41) is 0.240. The third-order valence-corrected chi connectivity index (χ3v) is 6.74. The number of nitrogens with zero attached hydrogens (tertiary/aromatic N) is 3. The Kier molecular flexibility index (Phi) is 5.63. The van der Waals surface area contributed by atoms with Crippen molar-refractivity contribution in [2.75, 3.05) is 23.0 Å². The highest BCUT2D eigenvalue weighted by Gasteiger charge is 2.31. The topological polar surface area (TPSA) is 79.8 Å². The summed E-state index contributed by atoms with van der Waals surface area (Å²) >= 11 is 1.03. The molecular formula is C23H19F2N3O4S. The SMILES string of the molecule is O=C(c1ccc(N2C(=O)CCC2=O)cc1)N(CC1CCCO1)c1nc2c(F)cc(F)cc2s1. The van der Waals surface area contributed by atoms with Gasteiger partial charge in [0.2, 0.25) is 11.8 Å². The number of hydrogen-bond donors (Lipinski definition) is 0. The summed E-state index contributed by atoms with van der Waals surface area (Å²) in [5.41, 5.74) is 0.715. The van der Waals surface area contributed by atoms with E-state index < -0.39 is 17.5 Å². The maximum absolute atomic E-state index is 14.2. The van der Waals surface area contributed by atoms with Crippen molar-refractivity contribution >= 4 is 50.1 Å². The number of carbonyl (C=O) groups excluding carboxylic acids is 3. The van der Waals surface area contributed by atoms with Gasteiger partial charge in [0, 0.05) is 31.1 Å². The molecule has 2 aliphatic heterocycles. The highest BCUT2D eigenvalue weighted by molar-refractivity contribution is 7.22. The van der Waals surface area contributed by atoms with E-state index in [1.54, 1.807) is 12.1 Å². The zero-order valence-electron chi connectivity index (χ0n) is 17.4. The van der Waals surface area contributed by atoms with Crippen LogP contribution in [0.4, 0.5) is 19.6 Å². The molecule has 0 aliphatic carbocycles. The fourth-order valence-electron chi connectivity index (χ4n) is 4.07. The van der Waals surface area contributed by atoms with E-state index in [2.05, 4.69) is 4.98 Å². The molecule has 2 saturated heterocycles. The molecule has 170 valence electrons. The van der Waals surface area contributed by atoms with E-state index in [0.29, 0.717) is 22.6 Å². The molecule has 1 aromatic heterocycles. The van der Waals surface area contributed by atoms with Crippen molar-refractivity contribution < 1.29 is 27.9 Å². The van der Waals surface area contributed by atoms with E-state index in [1.165, 1.54) is 23.1 Å². The van der Waals surface area contributed by atoms with Gasteiger partial charge < -0.3 is 4.74 Å². The minimum atomic E-state index is -0.790. The summed E-state index contributed by atoms with van der Waals surface area (Å²) < 4.78 is 33.9. The molecule has 33 heavy (non-hydrogen) atoms. The van der Waals surface area contributed by atoms with Gasteiger partial charge in [0.15, 0.2) is 10.9 Å². The molecule has 0 bridgehead atoms. The van der Waals surface area contributed by atoms with Crippen molar-refractivity contribution in [3.63, 3.8) is 0 Å². The van der Waals surface area contributed by atoms with E-state index in [0.717, 1.165) is 35.1 Å². The first-order valence-corrected chi connectivity index (χ1v) is 11.4. The zero-order chi connectivity index (χ0) is 23.1. The molecule has 2 fully saturated rings. The lowest BCUT2D eigenvalue weighted by molar-refractivity contribution is -0.121.